The predicted molar refractivity (Wildman–Crippen MR) is 71.3 cm³/mol. The van der Waals surface area contributed by atoms with Crippen molar-refractivity contribution in [2.24, 2.45) is 0 Å². The Kier molecular flexibility index (Phi) is 2.71. The number of benzene rings is 1. The van der Waals surface area contributed by atoms with Crippen molar-refractivity contribution >= 4 is 22.2 Å². The van der Waals surface area contributed by atoms with E-state index in [-0.39, 0.29) is 6.61 Å². The van der Waals surface area contributed by atoms with Crippen LogP contribution >= 0.6 is 11.3 Å². The highest BCUT2D eigenvalue weighted by atomic mass is 32.1. The third-order valence-corrected chi connectivity index (χ3v) is 3.79. The number of hydrogen-bond donors (Lipinski definition) is 1. The predicted octanol–water partition coefficient (Wildman–Crippen LogP) is 3.24. The average Bonchev–Trinajstić information content (AvgIpc) is 2.99. The minimum atomic E-state index is 0.0973. The summed E-state index contributed by atoms with van der Waals surface area (Å²) < 4.78 is 2.22. The van der Waals surface area contributed by atoms with Gasteiger partial charge in [-0.1, -0.05) is 18.2 Å². The molecule has 0 spiro atoms. The fourth-order valence-corrected chi connectivity index (χ4v) is 2.74. The van der Waals surface area contributed by atoms with Crippen molar-refractivity contribution in [2.45, 2.75) is 13.2 Å². The number of aromatic nitrogens is 1. The number of nitrogens with zero attached hydrogens (tertiary/aromatic N) is 1. The van der Waals surface area contributed by atoms with Crippen LogP contribution in [0.25, 0.3) is 10.9 Å². The van der Waals surface area contributed by atoms with Gasteiger partial charge in [-0.25, -0.2) is 0 Å². The smallest absolute Gasteiger partial charge is 0.0682 e. The molecule has 2 nitrogen and oxygen atoms in total. The highest BCUT2D eigenvalue weighted by molar-refractivity contribution is 7.09. The third kappa shape index (κ3) is 1.99. The molecule has 0 atom stereocenters. The van der Waals surface area contributed by atoms with Crippen molar-refractivity contribution in [3.63, 3.8) is 0 Å². The van der Waals surface area contributed by atoms with Crippen molar-refractivity contribution in [3.05, 3.63) is 58.4 Å². The van der Waals surface area contributed by atoms with E-state index >= 15 is 0 Å². The second-order valence-electron chi connectivity index (χ2n) is 4.07. The van der Waals surface area contributed by atoms with Gasteiger partial charge < -0.3 is 9.67 Å². The number of hydrogen-bond acceptors (Lipinski definition) is 2. The molecule has 0 amide bonds. The van der Waals surface area contributed by atoms with Crippen LogP contribution in [0.3, 0.4) is 0 Å². The summed E-state index contributed by atoms with van der Waals surface area (Å²) in [6, 6.07) is 12.4. The van der Waals surface area contributed by atoms with E-state index in [1.54, 1.807) is 11.3 Å². The molecule has 17 heavy (non-hydrogen) atoms. The Morgan fingerprint density at radius 1 is 1.18 bits per heavy atom. The third-order valence-electron chi connectivity index (χ3n) is 2.93. The summed E-state index contributed by atoms with van der Waals surface area (Å²) in [6.07, 6.45) is 2.10. The highest BCUT2D eigenvalue weighted by Crippen LogP contribution is 2.20. The minimum Gasteiger partial charge on any atom is -0.392 e. The van der Waals surface area contributed by atoms with E-state index < -0.39 is 0 Å². The first-order valence-electron chi connectivity index (χ1n) is 5.58. The van der Waals surface area contributed by atoms with E-state index in [9.17, 15) is 5.11 Å². The van der Waals surface area contributed by atoms with Gasteiger partial charge in [0.25, 0.3) is 0 Å². The lowest BCUT2D eigenvalue weighted by atomic mass is 10.2. The first kappa shape index (κ1) is 10.6. The average molecular weight is 243 g/mol. The molecule has 0 saturated heterocycles. The molecule has 0 aliphatic carbocycles. The zero-order chi connectivity index (χ0) is 11.7. The molecule has 0 radical (unpaired) electrons. The molecular formula is C14H13NOS. The first-order valence-corrected chi connectivity index (χ1v) is 6.46. The Labute approximate surface area is 104 Å². The molecule has 3 aromatic rings. The number of aliphatic hydroxyl groups excluding tert-OH is 1. The summed E-state index contributed by atoms with van der Waals surface area (Å²) >= 11 is 1.77. The number of aliphatic hydroxyl groups is 1. The Hall–Kier alpha value is -1.58. The second-order valence-corrected chi connectivity index (χ2v) is 5.11. The van der Waals surface area contributed by atoms with Gasteiger partial charge >= 0.3 is 0 Å². The Balaban J connectivity index is 2.04. The zero-order valence-corrected chi connectivity index (χ0v) is 10.2. The van der Waals surface area contributed by atoms with Crippen LogP contribution in [0, 0.1) is 0 Å². The van der Waals surface area contributed by atoms with Crippen molar-refractivity contribution in [2.75, 3.05) is 0 Å². The maximum atomic E-state index is 9.17. The summed E-state index contributed by atoms with van der Waals surface area (Å²) in [5.74, 6) is 0. The summed E-state index contributed by atoms with van der Waals surface area (Å²) in [6.45, 7) is 0.996. The van der Waals surface area contributed by atoms with Crippen molar-refractivity contribution in [1.82, 2.24) is 4.57 Å². The van der Waals surface area contributed by atoms with Crippen LogP contribution in [-0.2, 0) is 13.2 Å². The lowest BCUT2D eigenvalue weighted by molar-refractivity contribution is 0.282. The van der Waals surface area contributed by atoms with E-state index in [1.807, 2.05) is 6.07 Å². The van der Waals surface area contributed by atoms with Gasteiger partial charge in [-0.05, 0) is 34.5 Å². The molecule has 0 unspecified atom stereocenters. The molecule has 86 valence electrons. The van der Waals surface area contributed by atoms with Crippen molar-refractivity contribution in [3.8, 4) is 0 Å². The van der Waals surface area contributed by atoms with Gasteiger partial charge in [0.2, 0.25) is 0 Å². The van der Waals surface area contributed by atoms with Gasteiger partial charge in [-0.2, -0.15) is 0 Å². The van der Waals surface area contributed by atoms with Crippen LogP contribution in [0.2, 0.25) is 0 Å². The summed E-state index contributed by atoms with van der Waals surface area (Å²) in [5, 5.41) is 12.5. The fraction of sp³-hybridized carbons (Fsp3) is 0.143. The normalized spacial score (nSPS) is 11.1. The molecule has 0 fully saturated rings. The van der Waals surface area contributed by atoms with E-state index in [1.165, 1.54) is 15.8 Å². The van der Waals surface area contributed by atoms with Crippen molar-refractivity contribution < 1.29 is 5.11 Å². The van der Waals surface area contributed by atoms with Crippen LogP contribution in [0.1, 0.15) is 10.4 Å². The monoisotopic (exact) mass is 243 g/mol. The number of thiophene rings is 1. The van der Waals surface area contributed by atoms with Gasteiger partial charge in [-0.3, -0.25) is 0 Å². The molecule has 3 heteroatoms. The topological polar surface area (TPSA) is 25.2 Å². The molecule has 0 bridgehead atoms. The van der Waals surface area contributed by atoms with Gasteiger partial charge in [-0.15, -0.1) is 11.3 Å². The molecule has 0 aliphatic rings. The standard InChI is InChI=1S/C14H13NOS/c16-10-11-3-4-12-5-6-15(14(12)8-11)9-13-2-1-7-17-13/h1-8,16H,9-10H2. The first-order chi connectivity index (χ1) is 8.36. The second kappa shape index (κ2) is 4.35. The molecule has 0 aliphatic heterocycles. The maximum Gasteiger partial charge on any atom is 0.0682 e. The molecule has 1 aromatic carbocycles. The van der Waals surface area contributed by atoms with Gasteiger partial charge in [0.15, 0.2) is 0 Å². The Morgan fingerprint density at radius 3 is 2.88 bits per heavy atom. The number of rotatable bonds is 3. The molecular weight excluding hydrogens is 230 g/mol. The van der Waals surface area contributed by atoms with Crippen molar-refractivity contribution in [1.29, 1.82) is 0 Å². The molecule has 2 aromatic heterocycles. The van der Waals surface area contributed by atoms with E-state index in [2.05, 4.69) is 46.5 Å². The van der Waals surface area contributed by atoms with Crippen LogP contribution in [0.4, 0.5) is 0 Å². The van der Waals surface area contributed by atoms with Crippen LogP contribution < -0.4 is 0 Å². The zero-order valence-electron chi connectivity index (χ0n) is 9.34. The Morgan fingerprint density at radius 2 is 2.12 bits per heavy atom. The quantitative estimate of drug-likeness (QED) is 0.750. The number of fused-ring (bicyclic) bond motifs is 1. The van der Waals surface area contributed by atoms with E-state index in [4.69, 9.17) is 0 Å². The van der Waals surface area contributed by atoms with Crippen LogP contribution in [0.15, 0.2) is 48.0 Å². The highest BCUT2D eigenvalue weighted by Gasteiger charge is 2.03. The summed E-state index contributed by atoms with van der Waals surface area (Å²) in [7, 11) is 0. The van der Waals surface area contributed by atoms with Crippen LogP contribution in [-0.4, -0.2) is 9.67 Å². The summed E-state index contributed by atoms with van der Waals surface area (Å²) in [4.78, 5) is 1.34. The Bertz CT molecular complexity index is 625. The molecule has 3 rings (SSSR count). The maximum absolute atomic E-state index is 9.17. The fourth-order valence-electron chi connectivity index (χ4n) is 2.04. The molecule has 2 heterocycles. The van der Waals surface area contributed by atoms with E-state index in [0.29, 0.717) is 0 Å². The van der Waals surface area contributed by atoms with E-state index in [0.717, 1.165) is 12.1 Å². The lowest BCUT2D eigenvalue weighted by Crippen LogP contribution is -1.96. The SMILES string of the molecule is OCc1ccc2ccn(Cc3cccs3)c2c1. The molecule has 0 saturated carbocycles. The molecule has 1 N–H and O–H groups in total. The summed E-state index contributed by atoms with van der Waals surface area (Å²) in [5.41, 5.74) is 2.15. The van der Waals surface area contributed by atoms with Gasteiger partial charge in [0.05, 0.1) is 13.2 Å². The van der Waals surface area contributed by atoms with Gasteiger partial charge in [0, 0.05) is 16.6 Å². The van der Waals surface area contributed by atoms with Gasteiger partial charge in [0.1, 0.15) is 0 Å². The lowest BCUT2D eigenvalue weighted by Gasteiger charge is -2.04. The minimum absolute atomic E-state index is 0.0973. The largest absolute Gasteiger partial charge is 0.392 e. The van der Waals surface area contributed by atoms with Crippen LogP contribution in [0.5, 0.6) is 0 Å².